The monoisotopic (exact) mass is 494 g/mol. The van der Waals surface area contributed by atoms with Crippen molar-refractivity contribution in [2.75, 3.05) is 19.8 Å². The molecule has 1 N–H and O–H groups in total. The Kier molecular flexibility index (Phi) is 7.18. The smallest absolute Gasteiger partial charge is 0.419 e. The maximum atomic E-state index is 12.7. The van der Waals surface area contributed by atoms with E-state index >= 15 is 0 Å². The van der Waals surface area contributed by atoms with Gasteiger partial charge in [-0.2, -0.15) is 0 Å². The number of aryl methyl sites for hydroxylation is 1. The van der Waals surface area contributed by atoms with Crippen LogP contribution in [0, 0.1) is 0 Å². The summed E-state index contributed by atoms with van der Waals surface area (Å²) in [5, 5.41) is -0.00222. The molecule has 1 aliphatic heterocycles. The van der Waals surface area contributed by atoms with Gasteiger partial charge in [0.15, 0.2) is 5.58 Å². The SMILES string of the molecule is O=C(OCCCn1c(=O)oc2ccccc21)c1ccc(Cl)c(S(=O)(=O)NCC2CCCO2)c1. The molecule has 1 aromatic heterocycles. The normalized spacial score (nSPS) is 16.3. The molecule has 2 heterocycles. The zero-order valence-corrected chi connectivity index (χ0v) is 19.2. The molecule has 1 fully saturated rings. The molecule has 33 heavy (non-hydrogen) atoms. The number of ether oxygens (including phenoxy) is 2. The minimum absolute atomic E-state index is 0.00222. The number of carbonyl (C=O) groups excluding carboxylic acids is 1. The van der Waals surface area contributed by atoms with Crippen molar-refractivity contribution in [3.05, 3.63) is 63.6 Å². The molecule has 0 saturated carbocycles. The standard InChI is InChI=1S/C22H23ClN2O7S/c23-17-9-8-15(13-20(17)33(28,29)24-14-16-5-3-11-30-16)21(26)31-12-4-10-25-18-6-1-2-7-19(18)32-22(25)27/h1-2,6-9,13,16,24H,3-5,10-12,14H2. The van der Waals surface area contributed by atoms with Gasteiger partial charge in [0.25, 0.3) is 0 Å². The van der Waals surface area contributed by atoms with Crippen molar-refractivity contribution < 1.29 is 27.1 Å². The van der Waals surface area contributed by atoms with Gasteiger partial charge in [0.05, 0.1) is 28.8 Å². The molecular weight excluding hydrogens is 472 g/mol. The predicted octanol–water partition coefficient (Wildman–Crippen LogP) is 2.95. The van der Waals surface area contributed by atoms with Gasteiger partial charge < -0.3 is 13.9 Å². The molecule has 11 heteroatoms. The van der Waals surface area contributed by atoms with Gasteiger partial charge in [-0.05, 0) is 49.6 Å². The van der Waals surface area contributed by atoms with E-state index in [1.165, 1.54) is 22.8 Å². The highest BCUT2D eigenvalue weighted by Crippen LogP contribution is 2.23. The molecule has 0 bridgehead atoms. The van der Waals surface area contributed by atoms with Gasteiger partial charge in [-0.25, -0.2) is 22.7 Å². The summed E-state index contributed by atoms with van der Waals surface area (Å²) in [6.07, 6.45) is 1.87. The first kappa shape index (κ1) is 23.5. The average Bonchev–Trinajstić information content (AvgIpc) is 3.43. The molecule has 1 atom stereocenters. The van der Waals surface area contributed by atoms with Gasteiger partial charge >= 0.3 is 11.7 Å². The lowest BCUT2D eigenvalue weighted by Gasteiger charge is -2.13. The number of rotatable bonds is 9. The summed E-state index contributed by atoms with van der Waals surface area (Å²) >= 11 is 6.08. The summed E-state index contributed by atoms with van der Waals surface area (Å²) in [6.45, 7) is 1.08. The van der Waals surface area contributed by atoms with Crippen LogP contribution in [0.25, 0.3) is 11.1 Å². The Balaban J connectivity index is 1.36. The van der Waals surface area contributed by atoms with Gasteiger partial charge in [0, 0.05) is 19.7 Å². The van der Waals surface area contributed by atoms with Crippen LogP contribution in [-0.4, -0.2) is 44.8 Å². The highest BCUT2D eigenvalue weighted by Gasteiger charge is 2.23. The fourth-order valence-corrected chi connectivity index (χ4v) is 5.21. The van der Waals surface area contributed by atoms with Crippen molar-refractivity contribution in [1.82, 2.24) is 9.29 Å². The summed E-state index contributed by atoms with van der Waals surface area (Å²) in [4.78, 5) is 24.2. The molecular formula is C22H23ClN2O7S. The molecule has 0 aliphatic carbocycles. The van der Waals surface area contributed by atoms with Gasteiger partial charge in [-0.1, -0.05) is 23.7 Å². The van der Waals surface area contributed by atoms with Crippen molar-refractivity contribution in [1.29, 1.82) is 0 Å². The lowest BCUT2D eigenvalue weighted by molar-refractivity contribution is 0.0495. The van der Waals surface area contributed by atoms with Crippen LogP contribution in [-0.2, 0) is 26.0 Å². The van der Waals surface area contributed by atoms with Crippen LogP contribution < -0.4 is 10.5 Å². The van der Waals surface area contributed by atoms with Gasteiger partial charge in [-0.3, -0.25) is 4.57 Å². The number of aromatic nitrogens is 1. The number of fused-ring (bicyclic) bond motifs is 1. The van der Waals surface area contributed by atoms with E-state index in [0.717, 1.165) is 12.8 Å². The fourth-order valence-electron chi connectivity index (χ4n) is 3.62. The molecule has 1 saturated heterocycles. The van der Waals surface area contributed by atoms with Gasteiger partial charge in [0.2, 0.25) is 10.0 Å². The highest BCUT2D eigenvalue weighted by atomic mass is 35.5. The molecule has 0 radical (unpaired) electrons. The van der Waals surface area contributed by atoms with Crippen molar-refractivity contribution in [3.8, 4) is 0 Å². The third-order valence-electron chi connectivity index (χ3n) is 5.31. The second-order valence-electron chi connectivity index (χ2n) is 7.61. The Bertz CT molecular complexity index is 1310. The summed E-state index contributed by atoms with van der Waals surface area (Å²) in [7, 11) is -3.93. The van der Waals surface area contributed by atoms with Crippen LogP contribution in [0.4, 0.5) is 0 Å². The molecule has 1 aliphatic rings. The van der Waals surface area contributed by atoms with Crippen LogP contribution in [0.2, 0.25) is 5.02 Å². The molecule has 1 unspecified atom stereocenters. The molecule has 176 valence electrons. The molecule has 0 spiro atoms. The summed E-state index contributed by atoms with van der Waals surface area (Å²) in [5.41, 5.74) is 1.21. The number of carbonyl (C=O) groups is 1. The van der Waals surface area contributed by atoms with E-state index < -0.39 is 21.7 Å². The number of para-hydroxylation sites is 2. The van der Waals surface area contributed by atoms with E-state index in [4.69, 9.17) is 25.5 Å². The van der Waals surface area contributed by atoms with Crippen LogP contribution >= 0.6 is 11.6 Å². The second kappa shape index (κ2) is 10.1. The molecule has 9 nitrogen and oxygen atoms in total. The Labute approximate surface area is 195 Å². The zero-order valence-electron chi connectivity index (χ0n) is 17.7. The van der Waals surface area contributed by atoms with E-state index in [1.807, 2.05) is 0 Å². The zero-order chi connectivity index (χ0) is 23.4. The van der Waals surface area contributed by atoms with E-state index in [1.54, 1.807) is 24.3 Å². The Hall–Kier alpha value is -2.66. The van der Waals surface area contributed by atoms with E-state index in [0.29, 0.717) is 30.7 Å². The number of esters is 1. The maximum absolute atomic E-state index is 12.7. The van der Waals surface area contributed by atoms with Crippen molar-refractivity contribution >= 4 is 38.7 Å². The fraction of sp³-hybridized carbons (Fsp3) is 0.364. The Morgan fingerprint density at radius 3 is 2.85 bits per heavy atom. The minimum Gasteiger partial charge on any atom is -0.462 e. The van der Waals surface area contributed by atoms with Crippen molar-refractivity contribution in [2.24, 2.45) is 0 Å². The predicted molar refractivity (Wildman–Crippen MR) is 121 cm³/mol. The first-order chi connectivity index (χ1) is 15.8. The Morgan fingerprint density at radius 1 is 1.24 bits per heavy atom. The van der Waals surface area contributed by atoms with Crippen LogP contribution in [0.1, 0.15) is 29.6 Å². The number of nitrogens with one attached hydrogen (secondary N) is 1. The summed E-state index contributed by atoms with van der Waals surface area (Å²) in [6, 6.07) is 11.0. The van der Waals surface area contributed by atoms with E-state index in [9.17, 15) is 18.0 Å². The van der Waals surface area contributed by atoms with Crippen LogP contribution in [0.15, 0.2) is 56.6 Å². The average molecular weight is 495 g/mol. The summed E-state index contributed by atoms with van der Waals surface area (Å²) in [5.74, 6) is -1.17. The number of sulfonamides is 1. The third-order valence-corrected chi connectivity index (χ3v) is 7.22. The van der Waals surface area contributed by atoms with Crippen molar-refractivity contribution in [2.45, 2.75) is 36.8 Å². The molecule has 2 aromatic carbocycles. The molecule has 4 rings (SSSR count). The lowest BCUT2D eigenvalue weighted by atomic mass is 10.2. The second-order valence-corrected chi connectivity index (χ2v) is 9.75. The highest BCUT2D eigenvalue weighted by molar-refractivity contribution is 7.89. The summed E-state index contributed by atoms with van der Waals surface area (Å²) < 4.78 is 45.2. The van der Waals surface area contributed by atoms with Crippen molar-refractivity contribution in [3.63, 3.8) is 0 Å². The van der Waals surface area contributed by atoms with Gasteiger partial charge in [0.1, 0.15) is 4.90 Å². The minimum atomic E-state index is -3.93. The topological polar surface area (TPSA) is 117 Å². The van der Waals surface area contributed by atoms with Crippen LogP contribution in [0.3, 0.4) is 0 Å². The van der Waals surface area contributed by atoms with E-state index in [-0.39, 0.29) is 34.7 Å². The Morgan fingerprint density at radius 2 is 2.06 bits per heavy atom. The molecule has 3 aromatic rings. The van der Waals surface area contributed by atoms with E-state index in [2.05, 4.69) is 4.72 Å². The number of hydrogen-bond acceptors (Lipinski definition) is 7. The largest absolute Gasteiger partial charge is 0.462 e. The third kappa shape index (κ3) is 5.47. The van der Waals surface area contributed by atoms with Crippen LogP contribution in [0.5, 0.6) is 0 Å². The number of halogens is 1. The quantitative estimate of drug-likeness (QED) is 0.359. The number of oxazole rings is 1. The number of hydrogen-bond donors (Lipinski definition) is 1. The number of nitrogens with zero attached hydrogens (tertiary/aromatic N) is 1. The molecule has 0 amide bonds. The number of benzene rings is 2. The van der Waals surface area contributed by atoms with Gasteiger partial charge in [-0.15, -0.1) is 0 Å². The first-order valence-electron chi connectivity index (χ1n) is 10.5. The maximum Gasteiger partial charge on any atom is 0.419 e. The first-order valence-corrected chi connectivity index (χ1v) is 12.4. The lowest BCUT2D eigenvalue weighted by Crippen LogP contribution is -2.32.